The predicted molar refractivity (Wildman–Crippen MR) is 132 cm³/mol. The van der Waals surface area contributed by atoms with Crippen LogP contribution in [0.2, 0.25) is 0 Å². The van der Waals surface area contributed by atoms with Gasteiger partial charge < -0.3 is 4.90 Å². The van der Waals surface area contributed by atoms with E-state index in [0.29, 0.717) is 33.8 Å². The lowest BCUT2D eigenvalue weighted by atomic mass is 9.88. The van der Waals surface area contributed by atoms with E-state index in [2.05, 4.69) is 33.0 Å². The molecule has 4 heterocycles. The van der Waals surface area contributed by atoms with Crippen LogP contribution in [-0.2, 0) is 6.42 Å². The Morgan fingerprint density at radius 2 is 1.80 bits per heavy atom. The fraction of sp³-hybridized carbons (Fsp3) is 0.286. The number of halogens is 2. The van der Waals surface area contributed by atoms with Gasteiger partial charge >= 0.3 is 0 Å². The second-order valence-electron chi connectivity index (χ2n) is 9.20. The molecule has 0 amide bonds. The molecule has 7 heteroatoms. The summed E-state index contributed by atoms with van der Waals surface area (Å²) in [5.74, 6) is 0.505. The van der Waals surface area contributed by atoms with Crippen LogP contribution in [0.3, 0.4) is 0 Å². The molecule has 1 fully saturated rings. The molecule has 0 radical (unpaired) electrons. The Balaban J connectivity index is 1.36. The number of likely N-dealkylation sites (tertiary alicyclic amines) is 1. The number of piperidine rings is 1. The first kappa shape index (κ1) is 23.2. The Kier molecular flexibility index (Phi) is 6.59. The SMILES string of the molecule is CN1CCC(c2cccc(C(=O)Cc3cc4cc(-c5cncc(C(F)F)c5)cnc4cn3)c2)CC1. The molecular formula is C28H26F2N4O. The van der Waals surface area contributed by atoms with Crippen LogP contribution in [0.15, 0.2) is 67.3 Å². The van der Waals surface area contributed by atoms with Gasteiger partial charge in [0, 0.05) is 51.9 Å². The number of rotatable bonds is 6. The number of carbonyl (C=O) groups excluding carboxylic acids is 1. The van der Waals surface area contributed by atoms with E-state index < -0.39 is 6.43 Å². The highest BCUT2D eigenvalue weighted by atomic mass is 19.3. The fourth-order valence-electron chi connectivity index (χ4n) is 4.64. The van der Waals surface area contributed by atoms with Gasteiger partial charge in [0.05, 0.1) is 18.1 Å². The predicted octanol–water partition coefficient (Wildman–Crippen LogP) is 5.86. The standard InChI is InChI=1S/C28H26F2N4O/c1-34-7-5-18(6-8-34)19-3-2-4-20(9-19)27(35)13-25-12-21-10-23(16-33-26(21)17-32-25)22-11-24(28(29)30)15-31-14-22/h2-4,9-12,14-18,28H,5-8,13H2,1H3. The van der Waals surface area contributed by atoms with Crippen LogP contribution < -0.4 is 0 Å². The molecule has 1 aliphatic heterocycles. The third-order valence-electron chi connectivity index (χ3n) is 6.71. The van der Waals surface area contributed by atoms with Crippen molar-refractivity contribution in [1.29, 1.82) is 0 Å². The van der Waals surface area contributed by atoms with Gasteiger partial charge in [-0.25, -0.2) is 8.78 Å². The van der Waals surface area contributed by atoms with Gasteiger partial charge in [-0.1, -0.05) is 18.2 Å². The first-order valence-corrected chi connectivity index (χ1v) is 11.8. The zero-order chi connectivity index (χ0) is 24.4. The number of benzene rings is 1. The molecule has 1 saturated heterocycles. The van der Waals surface area contributed by atoms with Gasteiger partial charge in [-0.05, 0) is 68.7 Å². The smallest absolute Gasteiger partial charge is 0.265 e. The molecule has 35 heavy (non-hydrogen) atoms. The molecule has 5 nitrogen and oxygen atoms in total. The normalized spacial score (nSPS) is 15.1. The number of pyridine rings is 3. The number of hydrogen-bond acceptors (Lipinski definition) is 5. The Morgan fingerprint density at radius 3 is 2.60 bits per heavy atom. The number of Topliss-reactive ketones (excluding diaryl/α,β-unsaturated/α-hetero) is 1. The zero-order valence-corrected chi connectivity index (χ0v) is 19.5. The van der Waals surface area contributed by atoms with Gasteiger partial charge in [0.25, 0.3) is 6.43 Å². The molecule has 5 rings (SSSR count). The van der Waals surface area contributed by atoms with Gasteiger partial charge in [-0.15, -0.1) is 0 Å². The summed E-state index contributed by atoms with van der Waals surface area (Å²) in [6, 6.07) is 13.1. The van der Waals surface area contributed by atoms with Gasteiger partial charge in [-0.2, -0.15) is 0 Å². The summed E-state index contributed by atoms with van der Waals surface area (Å²) in [6.07, 6.45) is 5.77. The second kappa shape index (κ2) is 9.96. The Hall–Kier alpha value is -3.58. The van der Waals surface area contributed by atoms with Crippen LogP contribution in [0, 0.1) is 0 Å². The second-order valence-corrected chi connectivity index (χ2v) is 9.20. The highest BCUT2D eigenvalue weighted by Crippen LogP contribution is 2.29. The number of alkyl halides is 2. The van der Waals surface area contributed by atoms with Crippen molar-refractivity contribution < 1.29 is 13.6 Å². The van der Waals surface area contributed by atoms with Gasteiger partial charge in [0.1, 0.15) is 0 Å². The lowest BCUT2D eigenvalue weighted by Gasteiger charge is -2.29. The maximum Gasteiger partial charge on any atom is 0.265 e. The summed E-state index contributed by atoms with van der Waals surface area (Å²) < 4.78 is 26.2. The number of fused-ring (bicyclic) bond motifs is 1. The van der Waals surface area contributed by atoms with Crippen LogP contribution in [0.25, 0.3) is 22.0 Å². The van der Waals surface area contributed by atoms with Crippen molar-refractivity contribution in [3.8, 4) is 11.1 Å². The van der Waals surface area contributed by atoms with E-state index in [0.717, 1.165) is 37.5 Å². The van der Waals surface area contributed by atoms with Crippen LogP contribution >= 0.6 is 0 Å². The van der Waals surface area contributed by atoms with Crippen LogP contribution in [0.1, 0.15) is 52.4 Å². The minimum absolute atomic E-state index is 0.0181. The van der Waals surface area contributed by atoms with E-state index in [1.165, 1.54) is 17.8 Å². The number of aromatic nitrogens is 3. The summed E-state index contributed by atoms with van der Waals surface area (Å²) in [5, 5.41) is 0.794. The van der Waals surface area contributed by atoms with Crippen molar-refractivity contribution in [2.75, 3.05) is 20.1 Å². The molecule has 0 N–H and O–H groups in total. The average molecular weight is 473 g/mol. The molecule has 0 saturated carbocycles. The van der Waals surface area contributed by atoms with Gasteiger partial charge in [0.15, 0.2) is 5.78 Å². The molecule has 4 aromatic rings. The molecule has 3 aromatic heterocycles. The van der Waals surface area contributed by atoms with E-state index in [4.69, 9.17) is 0 Å². The molecule has 1 aromatic carbocycles. The van der Waals surface area contributed by atoms with Crippen molar-refractivity contribution in [2.45, 2.75) is 31.6 Å². The van der Waals surface area contributed by atoms with Crippen molar-refractivity contribution >= 4 is 16.7 Å². The quantitative estimate of drug-likeness (QED) is 0.329. The Morgan fingerprint density at radius 1 is 1.00 bits per heavy atom. The minimum atomic E-state index is -2.59. The summed E-state index contributed by atoms with van der Waals surface area (Å²) in [4.78, 5) is 28.2. The van der Waals surface area contributed by atoms with E-state index in [-0.39, 0.29) is 17.8 Å². The summed E-state index contributed by atoms with van der Waals surface area (Å²) >= 11 is 0. The van der Waals surface area contributed by atoms with E-state index >= 15 is 0 Å². The van der Waals surface area contributed by atoms with Crippen molar-refractivity contribution in [2.24, 2.45) is 0 Å². The molecule has 0 aliphatic carbocycles. The van der Waals surface area contributed by atoms with Crippen LogP contribution in [-0.4, -0.2) is 45.8 Å². The third kappa shape index (κ3) is 5.25. The number of carbonyl (C=O) groups is 1. The maximum atomic E-state index is 13.1. The fourth-order valence-corrected chi connectivity index (χ4v) is 4.64. The van der Waals surface area contributed by atoms with Crippen molar-refractivity contribution in [3.05, 3.63) is 89.6 Å². The van der Waals surface area contributed by atoms with Gasteiger partial charge in [0.2, 0.25) is 0 Å². The molecular weight excluding hydrogens is 446 g/mol. The van der Waals surface area contributed by atoms with Crippen molar-refractivity contribution in [1.82, 2.24) is 19.9 Å². The molecule has 178 valence electrons. The summed E-state index contributed by atoms with van der Waals surface area (Å²) in [6.45, 7) is 2.14. The van der Waals surface area contributed by atoms with E-state index in [1.807, 2.05) is 30.3 Å². The minimum Gasteiger partial charge on any atom is -0.306 e. The molecule has 0 atom stereocenters. The number of ketones is 1. The molecule has 0 spiro atoms. The van der Waals surface area contributed by atoms with Gasteiger partial charge in [-0.3, -0.25) is 19.7 Å². The van der Waals surface area contributed by atoms with E-state index in [9.17, 15) is 13.6 Å². The first-order chi connectivity index (χ1) is 17.0. The monoisotopic (exact) mass is 472 g/mol. The summed E-state index contributed by atoms with van der Waals surface area (Å²) in [7, 11) is 2.14. The van der Waals surface area contributed by atoms with Crippen LogP contribution in [0.5, 0.6) is 0 Å². The highest BCUT2D eigenvalue weighted by molar-refractivity contribution is 5.98. The maximum absolute atomic E-state index is 13.1. The lowest BCUT2D eigenvalue weighted by molar-refractivity contribution is 0.0991. The molecule has 1 aliphatic rings. The average Bonchev–Trinajstić information content (AvgIpc) is 2.89. The first-order valence-electron chi connectivity index (χ1n) is 11.8. The van der Waals surface area contributed by atoms with Crippen molar-refractivity contribution in [3.63, 3.8) is 0 Å². The zero-order valence-electron chi connectivity index (χ0n) is 19.5. The number of nitrogens with zero attached hydrogens (tertiary/aromatic N) is 4. The molecule has 0 unspecified atom stereocenters. The Bertz CT molecular complexity index is 1370. The largest absolute Gasteiger partial charge is 0.306 e. The molecule has 0 bridgehead atoms. The topological polar surface area (TPSA) is 59.0 Å². The highest BCUT2D eigenvalue weighted by Gasteiger charge is 2.19. The third-order valence-corrected chi connectivity index (χ3v) is 6.71. The lowest BCUT2D eigenvalue weighted by Crippen LogP contribution is -2.29. The Labute approximate surface area is 202 Å². The van der Waals surface area contributed by atoms with Crippen LogP contribution in [0.4, 0.5) is 8.78 Å². The number of hydrogen-bond donors (Lipinski definition) is 0. The van der Waals surface area contributed by atoms with E-state index in [1.54, 1.807) is 12.4 Å². The summed E-state index contributed by atoms with van der Waals surface area (Å²) in [5.41, 5.74) is 4.36.